The van der Waals surface area contributed by atoms with E-state index in [4.69, 9.17) is 5.11 Å². The van der Waals surface area contributed by atoms with Gasteiger partial charge in [0.2, 0.25) is 5.91 Å². The zero-order valence-electron chi connectivity index (χ0n) is 11.3. The van der Waals surface area contributed by atoms with Gasteiger partial charge in [0.05, 0.1) is 22.4 Å². The minimum absolute atomic E-state index is 0.0157. The molecule has 0 radical (unpaired) electrons. The molecule has 0 aromatic carbocycles. The van der Waals surface area contributed by atoms with Crippen molar-refractivity contribution in [3.63, 3.8) is 0 Å². The maximum absolute atomic E-state index is 11.8. The zero-order chi connectivity index (χ0) is 14.5. The average molecular weight is 314 g/mol. The predicted octanol–water partition coefficient (Wildman–Crippen LogP) is 2.05. The highest BCUT2D eigenvalue weighted by Crippen LogP contribution is 2.25. The molecule has 110 valence electrons. The second-order valence-electron chi connectivity index (χ2n) is 4.96. The zero-order valence-corrected chi connectivity index (χ0v) is 12.9. The molecule has 0 aliphatic heterocycles. The molecular formula is C13H18N2O3S2. The van der Waals surface area contributed by atoms with Crippen LogP contribution in [0.5, 0.6) is 0 Å². The number of amides is 1. The fourth-order valence-corrected chi connectivity index (χ4v) is 3.77. The molecule has 1 saturated carbocycles. The lowest BCUT2D eigenvalue weighted by Gasteiger charge is -2.11. The van der Waals surface area contributed by atoms with Crippen LogP contribution in [0.3, 0.4) is 0 Å². The van der Waals surface area contributed by atoms with Gasteiger partial charge in [-0.15, -0.1) is 23.1 Å². The molecule has 1 aromatic rings. The summed E-state index contributed by atoms with van der Waals surface area (Å²) in [6.45, 7) is 1.96. The normalized spacial score (nSPS) is 21.9. The van der Waals surface area contributed by atoms with E-state index in [1.54, 1.807) is 11.3 Å². The highest BCUT2D eigenvalue weighted by atomic mass is 32.2. The summed E-state index contributed by atoms with van der Waals surface area (Å²) in [4.78, 5) is 27.0. The molecule has 2 N–H and O–H groups in total. The number of hydrogen-bond donors (Lipinski definition) is 2. The van der Waals surface area contributed by atoms with Gasteiger partial charge in [-0.05, 0) is 26.2 Å². The van der Waals surface area contributed by atoms with Gasteiger partial charge in [0.15, 0.2) is 0 Å². The summed E-state index contributed by atoms with van der Waals surface area (Å²) in [6, 6.07) is 0.0192. The smallest absolute Gasteiger partial charge is 0.306 e. The van der Waals surface area contributed by atoms with Crippen LogP contribution in [-0.2, 0) is 15.3 Å². The number of thioether (sulfide) groups is 1. The van der Waals surface area contributed by atoms with Crippen molar-refractivity contribution in [1.29, 1.82) is 0 Å². The van der Waals surface area contributed by atoms with Crippen molar-refractivity contribution in [1.82, 2.24) is 10.3 Å². The first kappa shape index (κ1) is 15.3. The Balaban J connectivity index is 1.65. The van der Waals surface area contributed by atoms with Gasteiger partial charge >= 0.3 is 5.97 Å². The van der Waals surface area contributed by atoms with E-state index in [0.717, 1.165) is 22.9 Å². The van der Waals surface area contributed by atoms with Crippen LogP contribution in [0.25, 0.3) is 0 Å². The van der Waals surface area contributed by atoms with Gasteiger partial charge in [-0.25, -0.2) is 4.98 Å². The maximum Gasteiger partial charge on any atom is 0.306 e. The first-order chi connectivity index (χ1) is 9.54. The highest BCUT2D eigenvalue weighted by Gasteiger charge is 2.30. The number of nitrogens with zero attached hydrogens (tertiary/aromatic N) is 1. The fraction of sp³-hybridized carbons (Fsp3) is 0.615. The molecule has 1 fully saturated rings. The van der Waals surface area contributed by atoms with Crippen molar-refractivity contribution in [2.24, 2.45) is 5.92 Å². The molecule has 1 amide bonds. The molecule has 0 spiro atoms. The second kappa shape index (κ2) is 7.08. The first-order valence-electron chi connectivity index (χ1n) is 6.55. The average Bonchev–Trinajstić information content (AvgIpc) is 2.99. The van der Waals surface area contributed by atoms with Crippen molar-refractivity contribution >= 4 is 35.0 Å². The Kier molecular flexibility index (Phi) is 5.42. The lowest BCUT2D eigenvalue weighted by molar-refractivity contribution is -0.141. The summed E-state index contributed by atoms with van der Waals surface area (Å²) in [7, 11) is 0. The fourth-order valence-electron chi connectivity index (χ4n) is 2.33. The molecule has 1 aromatic heterocycles. The van der Waals surface area contributed by atoms with Crippen LogP contribution >= 0.6 is 23.1 Å². The molecule has 1 aliphatic carbocycles. The number of carboxylic acids is 1. The Hall–Kier alpha value is -1.08. The van der Waals surface area contributed by atoms with Gasteiger partial charge in [-0.3, -0.25) is 9.59 Å². The molecule has 0 saturated heterocycles. The number of rotatable bonds is 6. The van der Waals surface area contributed by atoms with Gasteiger partial charge in [0.25, 0.3) is 0 Å². The van der Waals surface area contributed by atoms with E-state index in [1.807, 2.05) is 12.3 Å². The van der Waals surface area contributed by atoms with E-state index in [0.29, 0.717) is 18.6 Å². The van der Waals surface area contributed by atoms with Gasteiger partial charge in [0, 0.05) is 17.2 Å². The van der Waals surface area contributed by atoms with E-state index < -0.39 is 5.97 Å². The summed E-state index contributed by atoms with van der Waals surface area (Å²) < 4.78 is 0. The van der Waals surface area contributed by atoms with Crippen molar-refractivity contribution < 1.29 is 14.7 Å². The summed E-state index contributed by atoms with van der Waals surface area (Å²) >= 11 is 3.15. The second-order valence-corrected chi connectivity index (χ2v) is 7.01. The summed E-state index contributed by atoms with van der Waals surface area (Å²) in [5, 5.41) is 14.9. The number of carboxylic acid groups (broad SMARTS) is 1. The number of aryl methyl sites for hydroxylation is 1. The lowest BCUT2D eigenvalue weighted by atomic mass is 10.1. The maximum atomic E-state index is 11.8. The van der Waals surface area contributed by atoms with Gasteiger partial charge in [0.1, 0.15) is 0 Å². The molecule has 0 bridgehead atoms. The van der Waals surface area contributed by atoms with Crippen LogP contribution in [0.15, 0.2) is 5.38 Å². The molecule has 1 aliphatic rings. The molecule has 2 rings (SSSR count). The minimum Gasteiger partial charge on any atom is -0.481 e. The Bertz CT molecular complexity index is 490. The molecule has 20 heavy (non-hydrogen) atoms. The van der Waals surface area contributed by atoms with Crippen LogP contribution < -0.4 is 5.32 Å². The number of carbonyl (C=O) groups is 2. The third-order valence-corrected chi connectivity index (χ3v) is 5.09. The summed E-state index contributed by atoms with van der Waals surface area (Å²) in [6.07, 6.45) is 1.97. The van der Waals surface area contributed by atoms with Crippen LogP contribution in [0.4, 0.5) is 0 Å². The Morgan fingerprint density at radius 1 is 1.55 bits per heavy atom. The third-order valence-electron chi connectivity index (χ3n) is 3.30. The van der Waals surface area contributed by atoms with E-state index in [-0.39, 0.29) is 17.9 Å². The van der Waals surface area contributed by atoms with Gasteiger partial charge < -0.3 is 10.4 Å². The largest absolute Gasteiger partial charge is 0.481 e. The molecule has 7 heteroatoms. The van der Waals surface area contributed by atoms with E-state index >= 15 is 0 Å². The molecule has 2 atom stereocenters. The van der Waals surface area contributed by atoms with E-state index in [2.05, 4.69) is 10.3 Å². The Labute approximate surface area is 126 Å². The minimum atomic E-state index is -0.755. The Morgan fingerprint density at radius 3 is 2.95 bits per heavy atom. The topological polar surface area (TPSA) is 79.3 Å². The number of aromatic nitrogens is 1. The first-order valence-corrected chi connectivity index (χ1v) is 8.59. The Morgan fingerprint density at radius 2 is 2.35 bits per heavy atom. The highest BCUT2D eigenvalue weighted by molar-refractivity contribution is 7.99. The van der Waals surface area contributed by atoms with Gasteiger partial charge in [-0.2, -0.15) is 0 Å². The number of hydrogen-bond acceptors (Lipinski definition) is 5. The summed E-state index contributed by atoms with van der Waals surface area (Å²) in [5.41, 5.74) is 1.01. The predicted molar refractivity (Wildman–Crippen MR) is 79.9 cm³/mol. The number of aliphatic carboxylic acids is 1. The van der Waals surface area contributed by atoms with Crippen molar-refractivity contribution in [3.8, 4) is 0 Å². The van der Waals surface area contributed by atoms with Crippen LogP contribution in [0.1, 0.15) is 30.0 Å². The van der Waals surface area contributed by atoms with Crippen LogP contribution in [0, 0.1) is 12.8 Å². The van der Waals surface area contributed by atoms with Crippen molar-refractivity contribution in [2.45, 2.75) is 38.0 Å². The van der Waals surface area contributed by atoms with Gasteiger partial charge in [-0.1, -0.05) is 0 Å². The molecule has 1 heterocycles. The quantitative estimate of drug-likeness (QED) is 0.840. The third kappa shape index (κ3) is 4.49. The van der Waals surface area contributed by atoms with Crippen LogP contribution in [-0.4, -0.2) is 33.8 Å². The molecule has 5 nitrogen and oxygen atoms in total. The molecular weight excluding hydrogens is 296 g/mol. The monoisotopic (exact) mass is 314 g/mol. The van der Waals surface area contributed by atoms with E-state index in [9.17, 15) is 9.59 Å². The number of thiazole rings is 1. The lowest BCUT2D eigenvalue weighted by Crippen LogP contribution is -2.34. The van der Waals surface area contributed by atoms with Crippen molar-refractivity contribution in [2.75, 3.05) is 5.75 Å². The number of nitrogens with one attached hydrogen (secondary N) is 1. The SMILES string of the molecule is Cc1nc(CSCC(=O)NC2CCC(C(=O)O)C2)cs1. The standard InChI is InChI=1S/C13H18N2O3S2/c1-8-14-11(6-20-8)5-19-7-12(16)15-10-3-2-9(4-10)13(17)18/h6,9-10H,2-5,7H2,1H3,(H,15,16)(H,17,18). The number of carbonyl (C=O) groups excluding carboxylic acids is 1. The van der Waals surface area contributed by atoms with Crippen LogP contribution in [0.2, 0.25) is 0 Å². The van der Waals surface area contributed by atoms with Crippen molar-refractivity contribution in [3.05, 3.63) is 16.1 Å². The van der Waals surface area contributed by atoms with E-state index in [1.165, 1.54) is 11.8 Å². The summed E-state index contributed by atoms with van der Waals surface area (Å²) in [5.74, 6) is 0.0595. The molecule has 2 unspecified atom stereocenters.